The highest BCUT2D eigenvalue weighted by atomic mass is 32.1. The van der Waals surface area contributed by atoms with Crippen molar-refractivity contribution in [1.82, 2.24) is 4.98 Å². The minimum Gasteiger partial charge on any atom is -0.258 e. The molecule has 0 bridgehead atoms. The van der Waals surface area contributed by atoms with Gasteiger partial charge in [0.25, 0.3) is 5.69 Å². The van der Waals surface area contributed by atoms with Gasteiger partial charge in [-0.05, 0) is 18.6 Å². The van der Waals surface area contributed by atoms with Gasteiger partial charge in [0, 0.05) is 22.6 Å². The molecule has 0 aliphatic heterocycles. The lowest BCUT2D eigenvalue weighted by Crippen LogP contribution is -1.92. The lowest BCUT2D eigenvalue weighted by atomic mass is 10.1. The standard InChI is InChI=1S/C19H13N3O2S/c1-13-7-8-14(10-18(13)22(23)24)9-16(11-20)19-21-17(12-25-19)15-5-3-2-4-6-15/h2-10,12H,1H3/b16-9+. The zero-order valence-electron chi connectivity index (χ0n) is 13.3. The first-order valence-corrected chi connectivity index (χ1v) is 8.34. The quantitative estimate of drug-likeness (QED) is 0.374. The molecule has 0 aliphatic carbocycles. The molecule has 0 amide bonds. The van der Waals surface area contributed by atoms with Crippen molar-refractivity contribution in [1.29, 1.82) is 5.26 Å². The van der Waals surface area contributed by atoms with Gasteiger partial charge in [-0.3, -0.25) is 10.1 Å². The molecule has 2 aromatic carbocycles. The van der Waals surface area contributed by atoms with Crippen LogP contribution in [0.15, 0.2) is 53.9 Å². The van der Waals surface area contributed by atoms with Crippen molar-refractivity contribution in [3.63, 3.8) is 0 Å². The van der Waals surface area contributed by atoms with E-state index in [-0.39, 0.29) is 5.69 Å². The molecule has 3 aromatic rings. The van der Waals surface area contributed by atoms with Gasteiger partial charge >= 0.3 is 0 Å². The molecule has 25 heavy (non-hydrogen) atoms. The van der Waals surface area contributed by atoms with Crippen LogP contribution in [0.5, 0.6) is 0 Å². The lowest BCUT2D eigenvalue weighted by molar-refractivity contribution is -0.385. The summed E-state index contributed by atoms with van der Waals surface area (Å²) in [6.07, 6.45) is 1.63. The zero-order valence-corrected chi connectivity index (χ0v) is 14.2. The van der Waals surface area contributed by atoms with Crippen LogP contribution in [0.25, 0.3) is 22.9 Å². The highest BCUT2D eigenvalue weighted by Crippen LogP contribution is 2.28. The Balaban J connectivity index is 1.97. The van der Waals surface area contributed by atoms with Crippen molar-refractivity contribution >= 4 is 28.7 Å². The number of allylic oxidation sites excluding steroid dienone is 1. The summed E-state index contributed by atoms with van der Waals surface area (Å²) in [4.78, 5) is 15.2. The van der Waals surface area contributed by atoms with Crippen LogP contribution in [0.1, 0.15) is 16.1 Å². The number of benzene rings is 2. The molecule has 0 saturated heterocycles. The molecule has 0 saturated carbocycles. The third kappa shape index (κ3) is 3.62. The molecule has 0 radical (unpaired) electrons. The van der Waals surface area contributed by atoms with E-state index in [0.717, 1.165) is 11.3 Å². The smallest absolute Gasteiger partial charge is 0.258 e. The summed E-state index contributed by atoms with van der Waals surface area (Å²) in [5.41, 5.74) is 3.39. The van der Waals surface area contributed by atoms with E-state index in [0.29, 0.717) is 21.7 Å². The van der Waals surface area contributed by atoms with Gasteiger partial charge in [-0.25, -0.2) is 4.98 Å². The van der Waals surface area contributed by atoms with Gasteiger partial charge in [-0.1, -0.05) is 42.5 Å². The van der Waals surface area contributed by atoms with Crippen LogP contribution >= 0.6 is 11.3 Å². The SMILES string of the molecule is Cc1ccc(/C=C(\C#N)c2nc(-c3ccccc3)cs2)cc1[N+](=O)[O-]. The number of rotatable bonds is 4. The van der Waals surface area contributed by atoms with E-state index in [4.69, 9.17) is 0 Å². The number of nitro groups is 1. The Morgan fingerprint density at radius 3 is 2.72 bits per heavy atom. The maximum absolute atomic E-state index is 11.1. The molecule has 0 unspecified atom stereocenters. The molecule has 0 fully saturated rings. The molecule has 3 rings (SSSR count). The molecule has 122 valence electrons. The van der Waals surface area contributed by atoms with E-state index in [2.05, 4.69) is 11.1 Å². The van der Waals surface area contributed by atoms with E-state index in [1.54, 1.807) is 25.1 Å². The summed E-state index contributed by atoms with van der Waals surface area (Å²) < 4.78 is 0. The molecular weight excluding hydrogens is 334 g/mol. The molecule has 1 aromatic heterocycles. The summed E-state index contributed by atoms with van der Waals surface area (Å²) >= 11 is 1.37. The van der Waals surface area contributed by atoms with Crippen LogP contribution < -0.4 is 0 Å². The Morgan fingerprint density at radius 1 is 1.28 bits per heavy atom. The Kier molecular flexibility index (Phi) is 4.68. The van der Waals surface area contributed by atoms with Crippen LogP contribution in [0.3, 0.4) is 0 Å². The zero-order chi connectivity index (χ0) is 17.8. The summed E-state index contributed by atoms with van der Waals surface area (Å²) in [6.45, 7) is 1.68. The molecule has 0 aliphatic rings. The topological polar surface area (TPSA) is 79.8 Å². The second kappa shape index (κ2) is 7.07. The first kappa shape index (κ1) is 16.6. The van der Waals surface area contributed by atoms with Gasteiger partial charge in [0.05, 0.1) is 16.2 Å². The minimum absolute atomic E-state index is 0.0372. The number of aromatic nitrogens is 1. The first-order valence-electron chi connectivity index (χ1n) is 7.46. The van der Waals surface area contributed by atoms with Crippen molar-refractivity contribution in [2.75, 3.05) is 0 Å². The predicted molar refractivity (Wildman–Crippen MR) is 98.9 cm³/mol. The van der Waals surface area contributed by atoms with E-state index in [1.165, 1.54) is 17.4 Å². The van der Waals surface area contributed by atoms with Gasteiger partial charge in [0.15, 0.2) is 0 Å². The molecule has 0 spiro atoms. The van der Waals surface area contributed by atoms with Crippen LogP contribution in [0, 0.1) is 28.4 Å². The van der Waals surface area contributed by atoms with E-state index < -0.39 is 4.92 Å². The van der Waals surface area contributed by atoms with Crippen molar-refractivity contribution in [2.24, 2.45) is 0 Å². The van der Waals surface area contributed by atoms with Crippen LogP contribution in [-0.2, 0) is 0 Å². The first-order chi connectivity index (χ1) is 12.1. The fraction of sp³-hybridized carbons (Fsp3) is 0.0526. The fourth-order valence-electron chi connectivity index (χ4n) is 2.36. The lowest BCUT2D eigenvalue weighted by Gasteiger charge is -2.00. The van der Waals surface area contributed by atoms with Gasteiger partial charge in [-0.2, -0.15) is 5.26 Å². The molecule has 5 nitrogen and oxygen atoms in total. The van der Waals surface area contributed by atoms with Crippen LogP contribution in [0.2, 0.25) is 0 Å². The Bertz CT molecular complexity index is 1000. The Morgan fingerprint density at radius 2 is 2.04 bits per heavy atom. The van der Waals surface area contributed by atoms with Crippen molar-refractivity contribution in [3.8, 4) is 17.3 Å². The third-order valence-electron chi connectivity index (χ3n) is 3.67. The van der Waals surface area contributed by atoms with E-state index in [9.17, 15) is 15.4 Å². The van der Waals surface area contributed by atoms with Gasteiger partial charge in [0.1, 0.15) is 11.1 Å². The number of hydrogen-bond acceptors (Lipinski definition) is 5. The molecule has 6 heteroatoms. The van der Waals surface area contributed by atoms with Gasteiger partial charge in [-0.15, -0.1) is 11.3 Å². The van der Waals surface area contributed by atoms with E-state index >= 15 is 0 Å². The monoisotopic (exact) mass is 347 g/mol. The van der Waals surface area contributed by atoms with Crippen molar-refractivity contribution in [2.45, 2.75) is 6.92 Å². The Hall–Kier alpha value is -3.30. The number of nitrogens with zero attached hydrogens (tertiary/aromatic N) is 3. The Labute approximate surface area is 148 Å². The highest BCUT2D eigenvalue weighted by Gasteiger charge is 2.12. The fourth-order valence-corrected chi connectivity index (χ4v) is 3.15. The molecule has 0 atom stereocenters. The van der Waals surface area contributed by atoms with Crippen molar-refractivity contribution in [3.05, 3.63) is 80.2 Å². The van der Waals surface area contributed by atoms with Crippen molar-refractivity contribution < 1.29 is 4.92 Å². The number of thiazole rings is 1. The maximum Gasteiger partial charge on any atom is 0.272 e. The van der Waals surface area contributed by atoms with Gasteiger partial charge < -0.3 is 0 Å². The highest BCUT2D eigenvalue weighted by molar-refractivity contribution is 7.11. The summed E-state index contributed by atoms with van der Waals surface area (Å²) in [7, 11) is 0. The number of nitriles is 1. The predicted octanol–water partition coefficient (Wildman–Crippen LogP) is 5.09. The number of aryl methyl sites for hydroxylation is 1. The summed E-state index contributed by atoms with van der Waals surface area (Å²) in [5.74, 6) is 0. The maximum atomic E-state index is 11.1. The van der Waals surface area contributed by atoms with Crippen LogP contribution in [-0.4, -0.2) is 9.91 Å². The summed E-state index contributed by atoms with van der Waals surface area (Å²) in [5, 5.41) is 23.0. The molecular formula is C19H13N3O2S. The average Bonchev–Trinajstić information content (AvgIpc) is 3.11. The van der Waals surface area contributed by atoms with E-state index in [1.807, 2.05) is 35.7 Å². The average molecular weight is 347 g/mol. The van der Waals surface area contributed by atoms with Gasteiger partial charge in [0.2, 0.25) is 0 Å². The number of hydrogen-bond donors (Lipinski definition) is 0. The second-order valence-corrected chi connectivity index (χ2v) is 6.23. The molecule has 1 heterocycles. The van der Waals surface area contributed by atoms with Crippen LogP contribution in [0.4, 0.5) is 5.69 Å². The largest absolute Gasteiger partial charge is 0.272 e. The molecule has 0 N–H and O–H groups in total. The normalized spacial score (nSPS) is 11.1. The number of nitro benzene ring substituents is 1. The second-order valence-electron chi connectivity index (χ2n) is 5.38. The minimum atomic E-state index is -0.421. The summed E-state index contributed by atoms with van der Waals surface area (Å²) in [6, 6.07) is 16.7. The third-order valence-corrected chi connectivity index (χ3v) is 4.54.